The highest BCUT2D eigenvalue weighted by Gasteiger charge is 2.10. The second kappa shape index (κ2) is 8.02. The number of hydrogen-bond acceptors (Lipinski definition) is 3. The predicted octanol–water partition coefficient (Wildman–Crippen LogP) is 4.47. The molecule has 4 aromatic rings. The molecule has 1 aromatic heterocycles. The largest absolute Gasteiger partial charge is 0.507 e. The van der Waals surface area contributed by atoms with Crippen molar-refractivity contribution in [3.05, 3.63) is 101 Å². The highest BCUT2D eigenvalue weighted by atomic mass is 16.3. The third-order valence-corrected chi connectivity index (χ3v) is 4.81. The van der Waals surface area contributed by atoms with Gasteiger partial charge in [0.2, 0.25) is 0 Å². The van der Waals surface area contributed by atoms with E-state index >= 15 is 0 Å². The van der Waals surface area contributed by atoms with Crippen LogP contribution in [0.25, 0.3) is 10.9 Å². The molecule has 0 radical (unpaired) electrons. The fraction of sp³-hybridized carbons (Fsp3) is 0.0833. The lowest BCUT2D eigenvalue weighted by atomic mass is 10.1. The number of hydrazone groups is 1. The second-order valence-electron chi connectivity index (χ2n) is 6.93. The molecular formula is C24H21N3O2. The van der Waals surface area contributed by atoms with Crippen LogP contribution in [0.5, 0.6) is 5.75 Å². The second-order valence-corrected chi connectivity index (χ2v) is 6.93. The van der Waals surface area contributed by atoms with Crippen LogP contribution >= 0.6 is 0 Å². The summed E-state index contributed by atoms with van der Waals surface area (Å²) in [4.78, 5) is 12.2. The number of amides is 1. The monoisotopic (exact) mass is 383 g/mol. The Balaban J connectivity index is 1.57. The zero-order valence-corrected chi connectivity index (χ0v) is 16.0. The molecular weight excluding hydrogens is 362 g/mol. The summed E-state index contributed by atoms with van der Waals surface area (Å²) in [5.41, 5.74) is 7.12. The Morgan fingerprint density at radius 2 is 1.76 bits per heavy atom. The van der Waals surface area contributed by atoms with Crippen LogP contribution in [0.1, 0.15) is 27.0 Å². The van der Waals surface area contributed by atoms with Gasteiger partial charge in [-0.2, -0.15) is 5.10 Å². The smallest absolute Gasteiger partial charge is 0.275 e. The van der Waals surface area contributed by atoms with E-state index in [9.17, 15) is 9.90 Å². The van der Waals surface area contributed by atoms with E-state index in [1.54, 1.807) is 24.4 Å². The molecule has 144 valence electrons. The maximum absolute atomic E-state index is 12.2. The quantitative estimate of drug-likeness (QED) is 0.394. The van der Waals surface area contributed by atoms with Crippen molar-refractivity contribution in [2.75, 3.05) is 0 Å². The first kappa shape index (κ1) is 18.5. The number of para-hydroxylation sites is 2. The summed E-state index contributed by atoms with van der Waals surface area (Å²) in [5, 5.41) is 14.9. The van der Waals surface area contributed by atoms with Gasteiger partial charge < -0.3 is 9.67 Å². The van der Waals surface area contributed by atoms with Crippen LogP contribution in [0.4, 0.5) is 0 Å². The Bertz CT molecular complexity index is 1190. The molecule has 0 fully saturated rings. The average molecular weight is 383 g/mol. The number of benzene rings is 3. The van der Waals surface area contributed by atoms with Gasteiger partial charge in [-0.05, 0) is 30.7 Å². The van der Waals surface area contributed by atoms with Crippen molar-refractivity contribution in [2.45, 2.75) is 13.5 Å². The van der Waals surface area contributed by atoms with E-state index in [1.807, 2.05) is 24.4 Å². The zero-order chi connectivity index (χ0) is 20.2. The van der Waals surface area contributed by atoms with E-state index in [0.29, 0.717) is 0 Å². The normalized spacial score (nSPS) is 11.2. The molecule has 0 aliphatic carbocycles. The number of phenols is 1. The Hall–Kier alpha value is -3.86. The van der Waals surface area contributed by atoms with Crippen molar-refractivity contribution in [3.8, 4) is 5.75 Å². The maximum Gasteiger partial charge on any atom is 0.275 e. The van der Waals surface area contributed by atoms with E-state index < -0.39 is 5.91 Å². The molecule has 29 heavy (non-hydrogen) atoms. The van der Waals surface area contributed by atoms with E-state index in [2.05, 4.69) is 52.3 Å². The zero-order valence-electron chi connectivity index (χ0n) is 16.0. The number of aryl methyl sites for hydroxylation is 1. The van der Waals surface area contributed by atoms with Gasteiger partial charge >= 0.3 is 0 Å². The molecule has 0 aliphatic rings. The van der Waals surface area contributed by atoms with Crippen LogP contribution < -0.4 is 5.43 Å². The van der Waals surface area contributed by atoms with Crippen molar-refractivity contribution in [1.82, 2.24) is 9.99 Å². The van der Waals surface area contributed by atoms with Gasteiger partial charge in [0, 0.05) is 29.2 Å². The number of phenolic OH excluding ortho intramolecular Hbond substituents is 1. The molecule has 0 saturated heterocycles. The van der Waals surface area contributed by atoms with Gasteiger partial charge in [-0.3, -0.25) is 4.79 Å². The first-order chi connectivity index (χ1) is 14.1. The van der Waals surface area contributed by atoms with Crippen molar-refractivity contribution >= 4 is 23.0 Å². The van der Waals surface area contributed by atoms with Crippen LogP contribution in [0.15, 0.2) is 84.1 Å². The lowest BCUT2D eigenvalue weighted by Crippen LogP contribution is -2.17. The van der Waals surface area contributed by atoms with Crippen molar-refractivity contribution in [1.29, 1.82) is 0 Å². The molecule has 0 saturated carbocycles. The van der Waals surface area contributed by atoms with E-state index in [1.165, 1.54) is 17.2 Å². The molecule has 5 nitrogen and oxygen atoms in total. The molecule has 1 heterocycles. The minimum Gasteiger partial charge on any atom is -0.507 e. The van der Waals surface area contributed by atoms with Crippen LogP contribution in [-0.2, 0) is 6.54 Å². The summed E-state index contributed by atoms with van der Waals surface area (Å²) in [6, 6.07) is 22.9. The van der Waals surface area contributed by atoms with Crippen molar-refractivity contribution < 1.29 is 9.90 Å². The Morgan fingerprint density at radius 3 is 2.55 bits per heavy atom. The summed E-state index contributed by atoms with van der Waals surface area (Å²) in [6.07, 6.45) is 3.66. The van der Waals surface area contributed by atoms with Crippen LogP contribution in [-0.4, -0.2) is 21.8 Å². The number of aromatic nitrogens is 1. The molecule has 0 unspecified atom stereocenters. The van der Waals surface area contributed by atoms with Crippen LogP contribution in [0.3, 0.4) is 0 Å². The molecule has 1 amide bonds. The predicted molar refractivity (Wildman–Crippen MR) is 115 cm³/mol. The number of rotatable bonds is 5. The molecule has 4 rings (SSSR count). The van der Waals surface area contributed by atoms with E-state index in [0.717, 1.165) is 23.0 Å². The summed E-state index contributed by atoms with van der Waals surface area (Å²) in [7, 11) is 0. The van der Waals surface area contributed by atoms with Gasteiger partial charge in [0.1, 0.15) is 5.75 Å². The van der Waals surface area contributed by atoms with Gasteiger partial charge in [-0.25, -0.2) is 5.43 Å². The first-order valence-corrected chi connectivity index (χ1v) is 9.36. The topological polar surface area (TPSA) is 66.6 Å². The van der Waals surface area contributed by atoms with Crippen LogP contribution in [0.2, 0.25) is 0 Å². The highest BCUT2D eigenvalue weighted by molar-refractivity contribution is 6.01. The first-order valence-electron chi connectivity index (χ1n) is 9.36. The maximum atomic E-state index is 12.2. The number of carbonyl (C=O) groups is 1. The Morgan fingerprint density at radius 1 is 1.03 bits per heavy atom. The number of hydrogen-bond donors (Lipinski definition) is 2. The number of fused-ring (bicyclic) bond motifs is 1. The number of nitrogens with one attached hydrogen (secondary N) is 1. The van der Waals surface area contributed by atoms with Gasteiger partial charge in [0.15, 0.2) is 0 Å². The lowest BCUT2D eigenvalue weighted by molar-refractivity contribution is 0.0952. The van der Waals surface area contributed by atoms with Gasteiger partial charge in [0.25, 0.3) is 5.91 Å². The average Bonchev–Trinajstić information content (AvgIpc) is 3.08. The fourth-order valence-electron chi connectivity index (χ4n) is 3.29. The summed E-state index contributed by atoms with van der Waals surface area (Å²) >= 11 is 0. The van der Waals surface area contributed by atoms with Crippen LogP contribution in [0, 0.1) is 6.92 Å². The van der Waals surface area contributed by atoms with Crippen molar-refractivity contribution in [3.63, 3.8) is 0 Å². The minimum absolute atomic E-state index is 0.0742. The van der Waals surface area contributed by atoms with E-state index in [4.69, 9.17) is 0 Å². The summed E-state index contributed by atoms with van der Waals surface area (Å²) in [5.74, 6) is -0.530. The fourth-order valence-corrected chi connectivity index (χ4v) is 3.29. The SMILES string of the molecule is Cc1ccc(Cn2cc(/C=N/NC(=O)c3ccccc3O)c3ccccc32)cc1. The molecule has 0 atom stereocenters. The molecule has 0 bridgehead atoms. The third kappa shape index (κ3) is 4.04. The molecule has 0 aliphatic heterocycles. The highest BCUT2D eigenvalue weighted by Crippen LogP contribution is 2.21. The Kier molecular flexibility index (Phi) is 5.12. The van der Waals surface area contributed by atoms with Gasteiger partial charge in [0.05, 0.1) is 11.8 Å². The van der Waals surface area contributed by atoms with Gasteiger partial charge in [-0.1, -0.05) is 60.2 Å². The number of nitrogens with zero attached hydrogens (tertiary/aromatic N) is 2. The lowest BCUT2D eigenvalue weighted by Gasteiger charge is -2.06. The third-order valence-electron chi connectivity index (χ3n) is 4.81. The molecule has 2 N–H and O–H groups in total. The van der Waals surface area contributed by atoms with Crippen molar-refractivity contribution in [2.24, 2.45) is 5.10 Å². The molecule has 5 heteroatoms. The van der Waals surface area contributed by atoms with Gasteiger partial charge in [-0.15, -0.1) is 0 Å². The Labute approximate surface area is 168 Å². The summed E-state index contributed by atoms with van der Waals surface area (Å²) in [6.45, 7) is 2.83. The minimum atomic E-state index is -0.456. The summed E-state index contributed by atoms with van der Waals surface area (Å²) < 4.78 is 2.17. The number of carbonyl (C=O) groups excluding carboxylic acids is 1. The standard InChI is InChI=1S/C24H21N3O2/c1-17-10-12-18(13-11-17)15-27-16-19(20-6-2-4-8-22(20)27)14-25-26-24(29)21-7-3-5-9-23(21)28/h2-14,16,28H,15H2,1H3,(H,26,29)/b25-14+. The van der Waals surface area contributed by atoms with E-state index in [-0.39, 0.29) is 11.3 Å². The molecule has 0 spiro atoms. The number of aromatic hydroxyl groups is 1. The molecule has 3 aromatic carbocycles.